The fraction of sp³-hybridized carbons (Fsp3) is 0.235. The average Bonchev–Trinajstić information content (AvgIpc) is 2.61. The summed E-state index contributed by atoms with van der Waals surface area (Å²) in [5.74, 6) is 0.0751. The Morgan fingerprint density at radius 3 is 2.44 bits per heavy atom. The summed E-state index contributed by atoms with van der Waals surface area (Å²) in [5.41, 5.74) is 1.12. The minimum Gasteiger partial charge on any atom is -0.497 e. The molecule has 0 bridgehead atoms. The lowest BCUT2D eigenvalue weighted by Crippen LogP contribution is -2.34. The van der Waals surface area contributed by atoms with Crippen LogP contribution in [0.5, 0.6) is 5.75 Å². The summed E-state index contributed by atoms with van der Waals surface area (Å²) in [6.45, 7) is 0.108. The topological polar surface area (TPSA) is 84.5 Å². The van der Waals surface area contributed by atoms with Crippen LogP contribution in [0.15, 0.2) is 48.5 Å². The number of benzene rings is 2. The monoisotopic (exact) mass is 382 g/mol. The minimum absolute atomic E-state index is 0.00270. The molecule has 0 saturated carbocycles. The van der Waals surface area contributed by atoms with Crippen LogP contribution >= 0.6 is 11.6 Å². The van der Waals surface area contributed by atoms with Crippen molar-refractivity contribution in [3.63, 3.8) is 0 Å². The highest BCUT2D eigenvalue weighted by Crippen LogP contribution is 2.14. The zero-order valence-electron chi connectivity index (χ0n) is 13.7. The fourth-order valence-corrected chi connectivity index (χ4v) is 3.14. The van der Waals surface area contributed by atoms with Gasteiger partial charge in [-0.2, -0.15) is 0 Å². The van der Waals surface area contributed by atoms with Crippen molar-refractivity contribution in [1.29, 1.82) is 0 Å². The molecule has 2 aromatic carbocycles. The second kappa shape index (κ2) is 8.84. The van der Waals surface area contributed by atoms with Crippen LogP contribution in [0.3, 0.4) is 0 Å². The molecule has 2 aromatic rings. The van der Waals surface area contributed by atoms with E-state index in [0.717, 1.165) is 0 Å². The van der Waals surface area contributed by atoms with Gasteiger partial charge in [0.2, 0.25) is 10.0 Å². The molecule has 2 rings (SSSR count). The van der Waals surface area contributed by atoms with E-state index in [4.69, 9.17) is 16.3 Å². The summed E-state index contributed by atoms with van der Waals surface area (Å²) in [6.07, 6.45) is 0. The zero-order chi connectivity index (χ0) is 18.3. The molecule has 0 unspecified atom stereocenters. The van der Waals surface area contributed by atoms with Gasteiger partial charge in [-0.05, 0) is 35.9 Å². The summed E-state index contributed by atoms with van der Waals surface area (Å²) in [6, 6.07) is 13.5. The minimum atomic E-state index is -3.53. The number of ether oxygens (including phenoxy) is 1. The molecule has 0 aliphatic rings. The van der Waals surface area contributed by atoms with Crippen LogP contribution in [0.2, 0.25) is 5.02 Å². The maximum atomic E-state index is 12.0. The number of amides is 1. The third-order valence-electron chi connectivity index (χ3n) is 3.45. The van der Waals surface area contributed by atoms with Gasteiger partial charge in [0.1, 0.15) is 5.75 Å². The Kier molecular flexibility index (Phi) is 6.81. The second-order valence-electron chi connectivity index (χ2n) is 5.22. The standard InChI is InChI=1S/C17H19ClN2O4S/c1-24-15-8-6-13(7-9-15)17(21)19-10-11-25(22,23)20-12-14-4-2-3-5-16(14)18/h2-9,20H,10-12H2,1H3,(H,19,21). The molecule has 25 heavy (non-hydrogen) atoms. The first-order valence-electron chi connectivity index (χ1n) is 7.54. The molecule has 0 saturated heterocycles. The summed E-state index contributed by atoms with van der Waals surface area (Å²) >= 11 is 5.99. The van der Waals surface area contributed by atoms with Gasteiger partial charge in [0, 0.05) is 23.7 Å². The van der Waals surface area contributed by atoms with E-state index >= 15 is 0 Å². The number of rotatable bonds is 8. The van der Waals surface area contributed by atoms with Gasteiger partial charge < -0.3 is 10.1 Å². The van der Waals surface area contributed by atoms with E-state index in [1.807, 2.05) is 0 Å². The van der Waals surface area contributed by atoms with Crippen LogP contribution in [-0.4, -0.2) is 33.7 Å². The predicted molar refractivity (Wildman–Crippen MR) is 97.4 cm³/mol. The maximum Gasteiger partial charge on any atom is 0.251 e. The number of sulfonamides is 1. The SMILES string of the molecule is COc1ccc(C(=O)NCCS(=O)(=O)NCc2ccccc2Cl)cc1. The first kappa shape index (κ1) is 19.2. The van der Waals surface area contributed by atoms with Gasteiger partial charge in [-0.1, -0.05) is 29.8 Å². The van der Waals surface area contributed by atoms with Crippen LogP contribution < -0.4 is 14.8 Å². The Morgan fingerprint density at radius 1 is 1.12 bits per heavy atom. The van der Waals surface area contributed by atoms with Gasteiger partial charge in [0.15, 0.2) is 0 Å². The summed E-state index contributed by atoms with van der Waals surface area (Å²) < 4.78 is 31.5. The number of hydrogen-bond acceptors (Lipinski definition) is 4. The Labute approximate surface area is 152 Å². The molecule has 0 spiro atoms. The molecule has 0 aliphatic heterocycles. The summed E-state index contributed by atoms with van der Waals surface area (Å²) in [5, 5.41) is 3.08. The molecular weight excluding hydrogens is 364 g/mol. The van der Waals surface area contributed by atoms with Crippen molar-refractivity contribution in [2.45, 2.75) is 6.54 Å². The lowest BCUT2D eigenvalue weighted by atomic mass is 10.2. The highest BCUT2D eigenvalue weighted by molar-refractivity contribution is 7.89. The molecule has 134 valence electrons. The highest BCUT2D eigenvalue weighted by Gasteiger charge is 2.12. The molecule has 6 nitrogen and oxygen atoms in total. The van der Waals surface area contributed by atoms with Crippen LogP contribution in [0.1, 0.15) is 15.9 Å². The largest absolute Gasteiger partial charge is 0.497 e. The predicted octanol–water partition coefficient (Wildman–Crippen LogP) is 2.20. The molecule has 2 N–H and O–H groups in total. The Balaban J connectivity index is 1.81. The van der Waals surface area contributed by atoms with Crippen LogP contribution in [0.4, 0.5) is 0 Å². The van der Waals surface area contributed by atoms with Gasteiger partial charge >= 0.3 is 0 Å². The average molecular weight is 383 g/mol. The number of halogens is 1. The molecule has 0 fully saturated rings. The van der Waals surface area contributed by atoms with Crippen molar-refractivity contribution in [3.8, 4) is 5.75 Å². The van der Waals surface area contributed by atoms with Crippen molar-refractivity contribution in [3.05, 3.63) is 64.7 Å². The van der Waals surface area contributed by atoms with E-state index in [1.54, 1.807) is 48.5 Å². The molecule has 0 aliphatic carbocycles. The molecular formula is C17H19ClN2O4S. The van der Waals surface area contributed by atoms with E-state index < -0.39 is 10.0 Å². The van der Waals surface area contributed by atoms with Crippen molar-refractivity contribution in [1.82, 2.24) is 10.0 Å². The van der Waals surface area contributed by atoms with Gasteiger partial charge in [0.25, 0.3) is 5.91 Å². The van der Waals surface area contributed by atoms with Crippen molar-refractivity contribution >= 4 is 27.5 Å². The van der Waals surface area contributed by atoms with E-state index in [1.165, 1.54) is 7.11 Å². The lowest BCUT2D eigenvalue weighted by Gasteiger charge is -2.09. The number of methoxy groups -OCH3 is 1. The van der Waals surface area contributed by atoms with E-state index in [-0.39, 0.29) is 24.7 Å². The van der Waals surface area contributed by atoms with Gasteiger partial charge in [-0.15, -0.1) is 0 Å². The maximum absolute atomic E-state index is 12.0. The zero-order valence-corrected chi connectivity index (χ0v) is 15.2. The normalized spacial score (nSPS) is 11.1. The van der Waals surface area contributed by atoms with E-state index in [0.29, 0.717) is 21.9 Å². The third-order valence-corrected chi connectivity index (χ3v) is 5.14. The number of carbonyl (C=O) groups excluding carboxylic acids is 1. The fourth-order valence-electron chi connectivity index (χ4n) is 2.05. The quantitative estimate of drug-likeness (QED) is 0.733. The van der Waals surface area contributed by atoms with Gasteiger partial charge in [-0.25, -0.2) is 13.1 Å². The molecule has 0 atom stereocenters. The number of hydrogen-bond donors (Lipinski definition) is 2. The molecule has 1 amide bonds. The Hall–Kier alpha value is -2.09. The third kappa shape index (κ3) is 6.04. The first-order chi connectivity index (χ1) is 11.9. The highest BCUT2D eigenvalue weighted by atomic mass is 35.5. The number of carbonyl (C=O) groups is 1. The van der Waals surface area contributed by atoms with Crippen LogP contribution in [-0.2, 0) is 16.6 Å². The van der Waals surface area contributed by atoms with E-state index in [2.05, 4.69) is 10.0 Å². The van der Waals surface area contributed by atoms with Gasteiger partial charge in [-0.3, -0.25) is 4.79 Å². The molecule has 8 heteroatoms. The lowest BCUT2D eigenvalue weighted by molar-refractivity contribution is 0.0956. The van der Waals surface area contributed by atoms with E-state index in [9.17, 15) is 13.2 Å². The molecule has 0 radical (unpaired) electrons. The van der Waals surface area contributed by atoms with Crippen LogP contribution in [0, 0.1) is 0 Å². The molecule has 0 aromatic heterocycles. The molecule has 0 heterocycles. The van der Waals surface area contributed by atoms with Crippen molar-refractivity contribution < 1.29 is 17.9 Å². The Bertz CT molecular complexity index is 823. The smallest absolute Gasteiger partial charge is 0.251 e. The van der Waals surface area contributed by atoms with Crippen LogP contribution in [0.25, 0.3) is 0 Å². The van der Waals surface area contributed by atoms with Crippen molar-refractivity contribution in [2.75, 3.05) is 19.4 Å². The summed E-state index contributed by atoms with van der Waals surface area (Å²) in [4.78, 5) is 12.0. The Morgan fingerprint density at radius 2 is 1.80 bits per heavy atom. The van der Waals surface area contributed by atoms with Crippen molar-refractivity contribution in [2.24, 2.45) is 0 Å². The second-order valence-corrected chi connectivity index (χ2v) is 7.55. The number of nitrogens with one attached hydrogen (secondary N) is 2. The first-order valence-corrected chi connectivity index (χ1v) is 9.57. The summed E-state index contributed by atoms with van der Waals surface area (Å²) in [7, 11) is -1.99. The van der Waals surface area contributed by atoms with Gasteiger partial charge in [0.05, 0.1) is 12.9 Å².